The van der Waals surface area contributed by atoms with Crippen LogP contribution in [0.15, 0.2) is 22.7 Å². The lowest BCUT2D eigenvalue weighted by atomic mass is 10.2. The van der Waals surface area contributed by atoms with Crippen LogP contribution in [0.3, 0.4) is 0 Å². The summed E-state index contributed by atoms with van der Waals surface area (Å²) in [4.78, 5) is 2.18. The topological polar surface area (TPSA) is 3.24 Å². The SMILES string of the molecule is CCCN(C)C.Cc1cccc(C)c1Br. The first-order valence-electron chi connectivity index (χ1n) is 5.35. The van der Waals surface area contributed by atoms with Crippen LogP contribution in [0.25, 0.3) is 0 Å². The Morgan fingerprint density at radius 1 is 1.13 bits per heavy atom. The van der Waals surface area contributed by atoms with Crippen molar-refractivity contribution < 1.29 is 0 Å². The summed E-state index contributed by atoms with van der Waals surface area (Å²) < 4.78 is 1.23. The molecule has 0 bridgehead atoms. The van der Waals surface area contributed by atoms with Gasteiger partial charge in [0.05, 0.1) is 0 Å². The molecule has 0 aliphatic carbocycles. The maximum absolute atomic E-state index is 3.48. The van der Waals surface area contributed by atoms with Gasteiger partial charge in [0.25, 0.3) is 0 Å². The average Bonchev–Trinajstić information content (AvgIpc) is 2.15. The van der Waals surface area contributed by atoms with Gasteiger partial charge in [0.15, 0.2) is 0 Å². The van der Waals surface area contributed by atoms with Gasteiger partial charge in [-0.25, -0.2) is 0 Å². The van der Waals surface area contributed by atoms with Crippen LogP contribution >= 0.6 is 15.9 Å². The van der Waals surface area contributed by atoms with Crippen LogP contribution in [-0.4, -0.2) is 25.5 Å². The molecule has 0 aliphatic rings. The summed E-state index contributed by atoms with van der Waals surface area (Å²) in [6, 6.07) is 6.25. The number of hydrogen-bond donors (Lipinski definition) is 0. The van der Waals surface area contributed by atoms with Crippen LogP contribution in [0.4, 0.5) is 0 Å². The molecule has 0 radical (unpaired) electrons. The molecule has 1 aromatic rings. The van der Waals surface area contributed by atoms with Crippen LogP contribution in [0.5, 0.6) is 0 Å². The Morgan fingerprint density at radius 3 is 1.80 bits per heavy atom. The van der Waals surface area contributed by atoms with Gasteiger partial charge in [0.1, 0.15) is 0 Å². The van der Waals surface area contributed by atoms with Crippen molar-refractivity contribution in [2.45, 2.75) is 27.2 Å². The molecule has 0 N–H and O–H groups in total. The van der Waals surface area contributed by atoms with Crippen LogP contribution in [0.2, 0.25) is 0 Å². The Bertz CT molecular complexity index is 262. The van der Waals surface area contributed by atoms with Gasteiger partial charge in [-0.05, 0) is 52.0 Å². The number of hydrogen-bond acceptors (Lipinski definition) is 1. The molecule has 1 nitrogen and oxygen atoms in total. The third-order valence-electron chi connectivity index (χ3n) is 2.06. The van der Waals surface area contributed by atoms with E-state index in [1.54, 1.807) is 0 Å². The molecule has 0 aromatic heterocycles. The van der Waals surface area contributed by atoms with Gasteiger partial charge in [-0.1, -0.05) is 41.1 Å². The summed E-state index contributed by atoms with van der Waals surface area (Å²) in [5.74, 6) is 0. The van der Waals surface area contributed by atoms with Crippen molar-refractivity contribution in [3.63, 3.8) is 0 Å². The highest BCUT2D eigenvalue weighted by molar-refractivity contribution is 9.10. The molecule has 0 aliphatic heterocycles. The maximum Gasteiger partial charge on any atom is 0.0233 e. The first-order chi connectivity index (χ1) is 6.99. The highest BCUT2D eigenvalue weighted by Gasteiger charge is 1.93. The Balaban J connectivity index is 0.000000288. The van der Waals surface area contributed by atoms with Gasteiger partial charge in [-0.2, -0.15) is 0 Å². The van der Waals surface area contributed by atoms with Crippen LogP contribution in [0, 0.1) is 13.8 Å². The van der Waals surface area contributed by atoms with Crippen molar-refractivity contribution >= 4 is 15.9 Å². The predicted octanol–water partition coefficient (Wildman–Crippen LogP) is 4.02. The second-order valence-corrected chi connectivity index (χ2v) is 4.80. The van der Waals surface area contributed by atoms with E-state index in [-0.39, 0.29) is 0 Å². The van der Waals surface area contributed by atoms with E-state index >= 15 is 0 Å². The Labute approximate surface area is 103 Å². The molecular formula is C13H22BrN. The van der Waals surface area contributed by atoms with Gasteiger partial charge >= 0.3 is 0 Å². The fourth-order valence-electron chi connectivity index (χ4n) is 1.24. The van der Waals surface area contributed by atoms with Gasteiger partial charge in [-0.3, -0.25) is 0 Å². The lowest BCUT2D eigenvalue weighted by Crippen LogP contribution is -2.11. The van der Waals surface area contributed by atoms with Crippen molar-refractivity contribution in [1.82, 2.24) is 4.90 Å². The van der Waals surface area contributed by atoms with Crippen molar-refractivity contribution in [3.8, 4) is 0 Å². The van der Waals surface area contributed by atoms with E-state index < -0.39 is 0 Å². The fraction of sp³-hybridized carbons (Fsp3) is 0.538. The molecule has 0 fully saturated rings. The molecule has 0 spiro atoms. The molecule has 0 unspecified atom stereocenters. The Morgan fingerprint density at radius 2 is 1.60 bits per heavy atom. The van der Waals surface area contributed by atoms with Crippen LogP contribution in [0.1, 0.15) is 24.5 Å². The highest BCUT2D eigenvalue weighted by atomic mass is 79.9. The molecule has 0 atom stereocenters. The summed E-state index contributed by atoms with van der Waals surface area (Å²) in [6.07, 6.45) is 1.26. The summed E-state index contributed by atoms with van der Waals surface area (Å²) in [6.45, 7) is 7.58. The van der Waals surface area contributed by atoms with Crippen molar-refractivity contribution in [1.29, 1.82) is 0 Å². The predicted molar refractivity (Wildman–Crippen MR) is 72.5 cm³/mol. The molecule has 0 saturated heterocycles. The van der Waals surface area contributed by atoms with Gasteiger partial charge < -0.3 is 4.90 Å². The minimum atomic E-state index is 1.21. The molecule has 1 aromatic carbocycles. The quantitative estimate of drug-likeness (QED) is 0.785. The summed E-state index contributed by atoms with van der Waals surface area (Å²) >= 11 is 3.48. The van der Waals surface area contributed by atoms with Crippen LogP contribution < -0.4 is 0 Å². The molecule has 15 heavy (non-hydrogen) atoms. The third kappa shape index (κ3) is 6.69. The largest absolute Gasteiger partial charge is 0.309 e. The van der Waals surface area contributed by atoms with E-state index in [9.17, 15) is 0 Å². The number of aryl methyl sites for hydroxylation is 2. The van der Waals surface area contributed by atoms with Crippen molar-refractivity contribution in [2.75, 3.05) is 20.6 Å². The van der Waals surface area contributed by atoms with E-state index in [4.69, 9.17) is 0 Å². The first kappa shape index (κ1) is 14.7. The molecule has 0 amide bonds. The highest BCUT2D eigenvalue weighted by Crippen LogP contribution is 2.19. The summed E-state index contributed by atoms with van der Waals surface area (Å²) in [7, 11) is 4.17. The third-order valence-corrected chi connectivity index (χ3v) is 3.31. The summed E-state index contributed by atoms with van der Waals surface area (Å²) in [5, 5.41) is 0. The molecular weight excluding hydrogens is 250 g/mol. The minimum Gasteiger partial charge on any atom is -0.309 e. The summed E-state index contributed by atoms with van der Waals surface area (Å²) in [5.41, 5.74) is 2.60. The average molecular weight is 272 g/mol. The van der Waals surface area contributed by atoms with E-state index in [0.29, 0.717) is 0 Å². The Hall–Kier alpha value is -0.340. The maximum atomic E-state index is 3.48. The van der Waals surface area contributed by atoms with E-state index in [2.05, 4.69) is 73.9 Å². The molecule has 0 heterocycles. The standard InChI is InChI=1S/C8H9Br.C5H13N/c1-6-4-3-5-7(2)8(6)9;1-4-5-6(2)3/h3-5H,1-2H3;4-5H2,1-3H3. The van der Waals surface area contributed by atoms with E-state index in [1.165, 1.54) is 28.6 Å². The Kier molecular flexibility index (Phi) is 7.71. The monoisotopic (exact) mass is 271 g/mol. The van der Waals surface area contributed by atoms with Crippen LogP contribution in [-0.2, 0) is 0 Å². The number of rotatable bonds is 2. The first-order valence-corrected chi connectivity index (χ1v) is 6.14. The van der Waals surface area contributed by atoms with Gasteiger partial charge in [0.2, 0.25) is 0 Å². The van der Waals surface area contributed by atoms with Crippen molar-refractivity contribution in [3.05, 3.63) is 33.8 Å². The normalized spacial score (nSPS) is 9.80. The lowest BCUT2D eigenvalue weighted by molar-refractivity contribution is 0.408. The molecule has 86 valence electrons. The molecule has 0 saturated carbocycles. The second kappa shape index (κ2) is 7.89. The lowest BCUT2D eigenvalue weighted by Gasteiger charge is -2.03. The number of halogens is 1. The minimum absolute atomic E-state index is 1.21. The van der Waals surface area contributed by atoms with Gasteiger partial charge in [-0.15, -0.1) is 0 Å². The zero-order valence-electron chi connectivity index (χ0n) is 10.5. The number of nitrogens with zero attached hydrogens (tertiary/aromatic N) is 1. The zero-order chi connectivity index (χ0) is 11.8. The number of benzene rings is 1. The van der Waals surface area contributed by atoms with Crippen molar-refractivity contribution in [2.24, 2.45) is 0 Å². The van der Waals surface area contributed by atoms with Gasteiger partial charge in [0, 0.05) is 4.47 Å². The molecule has 2 heteroatoms. The second-order valence-electron chi connectivity index (χ2n) is 4.01. The van der Waals surface area contributed by atoms with E-state index in [1.807, 2.05) is 0 Å². The van der Waals surface area contributed by atoms with E-state index in [0.717, 1.165) is 0 Å². The smallest absolute Gasteiger partial charge is 0.0233 e. The fourth-order valence-corrected chi connectivity index (χ4v) is 1.51. The molecule has 1 rings (SSSR count). The zero-order valence-corrected chi connectivity index (χ0v) is 12.1.